The third-order valence-electron chi connectivity index (χ3n) is 3.81. The number of nitrogens with zero attached hydrogens (tertiary/aromatic N) is 1. The summed E-state index contributed by atoms with van der Waals surface area (Å²) in [6.45, 7) is 5.02. The van der Waals surface area contributed by atoms with Gasteiger partial charge in [0.25, 0.3) is 5.91 Å². The van der Waals surface area contributed by atoms with Crippen LogP contribution >= 0.6 is 11.3 Å². The van der Waals surface area contributed by atoms with Crippen molar-refractivity contribution in [3.8, 4) is 0 Å². The highest BCUT2D eigenvalue weighted by molar-refractivity contribution is 7.10. The molecule has 6 heteroatoms. The number of hydrogen-bond acceptors (Lipinski definition) is 3. The Hall–Kier alpha value is -1.82. The van der Waals surface area contributed by atoms with Crippen molar-refractivity contribution in [3.63, 3.8) is 0 Å². The third kappa shape index (κ3) is 2.20. The van der Waals surface area contributed by atoms with Gasteiger partial charge in [0.2, 0.25) is 0 Å². The monoisotopic (exact) mass is 291 g/mol. The summed E-state index contributed by atoms with van der Waals surface area (Å²) < 4.78 is 0. The van der Waals surface area contributed by atoms with Gasteiger partial charge in [0.1, 0.15) is 0 Å². The Morgan fingerprint density at radius 2 is 2.30 bits per heavy atom. The lowest BCUT2D eigenvalue weighted by molar-refractivity contribution is -0.128. The third-order valence-corrected chi connectivity index (χ3v) is 4.83. The molecule has 0 saturated carbocycles. The predicted molar refractivity (Wildman–Crippen MR) is 77.3 cm³/mol. The number of carbonyl (C=O) groups is 2. The maximum absolute atomic E-state index is 12.7. The molecule has 3 amide bonds. The van der Waals surface area contributed by atoms with Crippen molar-refractivity contribution in [1.29, 1.82) is 0 Å². The van der Waals surface area contributed by atoms with E-state index in [1.807, 2.05) is 11.8 Å². The van der Waals surface area contributed by atoms with Crippen LogP contribution in [-0.2, 0) is 17.8 Å². The van der Waals surface area contributed by atoms with Crippen molar-refractivity contribution in [2.75, 3.05) is 6.54 Å². The highest BCUT2D eigenvalue weighted by Crippen LogP contribution is 2.26. The van der Waals surface area contributed by atoms with E-state index in [9.17, 15) is 9.59 Å². The molecule has 20 heavy (non-hydrogen) atoms. The second-order valence-corrected chi connectivity index (χ2v) is 6.21. The van der Waals surface area contributed by atoms with Crippen LogP contribution in [0.4, 0.5) is 4.79 Å². The summed E-state index contributed by atoms with van der Waals surface area (Å²) in [5.74, 6) is 0.0133. The molecular weight excluding hydrogens is 274 g/mol. The average Bonchev–Trinajstić information content (AvgIpc) is 2.84. The Morgan fingerprint density at radius 1 is 1.50 bits per heavy atom. The van der Waals surface area contributed by atoms with Gasteiger partial charge in [-0.05, 0) is 37.3 Å². The zero-order valence-corrected chi connectivity index (χ0v) is 12.3. The zero-order valence-electron chi connectivity index (χ0n) is 11.5. The Bertz CT molecular complexity index is 605. The van der Waals surface area contributed by atoms with Crippen molar-refractivity contribution >= 4 is 23.3 Å². The van der Waals surface area contributed by atoms with Crippen LogP contribution in [0.15, 0.2) is 22.7 Å². The molecule has 3 rings (SSSR count). The van der Waals surface area contributed by atoms with Gasteiger partial charge in [0.05, 0.1) is 11.6 Å². The quantitative estimate of drug-likeness (QED) is 0.826. The minimum absolute atomic E-state index is 0.0133. The first-order valence-corrected chi connectivity index (χ1v) is 7.57. The van der Waals surface area contributed by atoms with Gasteiger partial charge in [0, 0.05) is 23.7 Å². The molecule has 3 heterocycles. The maximum atomic E-state index is 12.7. The van der Waals surface area contributed by atoms with E-state index in [1.54, 1.807) is 18.3 Å². The Labute approximate surface area is 121 Å². The number of rotatable bonds is 1. The fourth-order valence-electron chi connectivity index (χ4n) is 2.81. The van der Waals surface area contributed by atoms with Crippen LogP contribution in [0.1, 0.15) is 24.3 Å². The minimum Gasteiger partial charge on any atom is -0.334 e. The van der Waals surface area contributed by atoms with Crippen LogP contribution in [-0.4, -0.2) is 29.4 Å². The Balaban J connectivity index is 1.83. The van der Waals surface area contributed by atoms with Gasteiger partial charge in [0.15, 0.2) is 0 Å². The Morgan fingerprint density at radius 3 is 3.05 bits per heavy atom. The van der Waals surface area contributed by atoms with Gasteiger partial charge >= 0.3 is 6.03 Å². The smallest absolute Gasteiger partial charge is 0.319 e. The minimum atomic E-state index is -0.250. The van der Waals surface area contributed by atoms with E-state index in [0.29, 0.717) is 17.8 Å². The zero-order chi connectivity index (χ0) is 14.3. The number of amides is 3. The second-order valence-electron chi connectivity index (χ2n) is 5.20. The summed E-state index contributed by atoms with van der Waals surface area (Å²) in [7, 11) is 0. The average molecular weight is 291 g/mol. The van der Waals surface area contributed by atoms with Crippen molar-refractivity contribution in [2.24, 2.45) is 0 Å². The predicted octanol–water partition coefficient (Wildman–Crippen LogP) is 1.61. The van der Waals surface area contributed by atoms with Crippen LogP contribution in [0.5, 0.6) is 0 Å². The number of hydrogen-bond donors (Lipinski definition) is 2. The molecule has 106 valence electrons. The highest BCUT2D eigenvalue weighted by atomic mass is 32.1. The van der Waals surface area contributed by atoms with E-state index in [1.165, 1.54) is 10.4 Å². The van der Waals surface area contributed by atoms with Gasteiger partial charge in [-0.25, -0.2) is 4.79 Å². The van der Waals surface area contributed by atoms with Crippen LogP contribution in [0.2, 0.25) is 0 Å². The van der Waals surface area contributed by atoms with Gasteiger partial charge < -0.3 is 15.5 Å². The van der Waals surface area contributed by atoms with Crippen molar-refractivity contribution in [1.82, 2.24) is 15.5 Å². The van der Waals surface area contributed by atoms with E-state index in [0.717, 1.165) is 13.0 Å². The maximum Gasteiger partial charge on any atom is 0.319 e. The highest BCUT2D eigenvalue weighted by Gasteiger charge is 2.31. The van der Waals surface area contributed by atoms with Crippen molar-refractivity contribution in [3.05, 3.63) is 33.2 Å². The summed E-state index contributed by atoms with van der Waals surface area (Å²) in [4.78, 5) is 27.3. The molecule has 0 saturated heterocycles. The number of fused-ring (bicyclic) bond motifs is 1. The molecule has 0 aliphatic carbocycles. The van der Waals surface area contributed by atoms with Crippen LogP contribution in [0, 0.1) is 0 Å². The number of allylic oxidation sites excluding steroid dienone is 1. The molecule has 2 aliphatic heterocycles. The van der Waals surface area contributed by atoms with Crippen molar-refractivity contribution in [2.45, 2.75) is 32.9 Å². The molecule has 1 aromatic heterocycles. The molecule has 1 atom stereocenters. The SMILES string of the molecule is CC1=C(C(=O)N2CCc3sccc3C2)[C@@H](C)NC(=O)N1. The number of urea groups is 1. The summed E-state index contributed by atoms with van der Waals surface area (Å²) in [5.41, 5.74) is 2.55. The molecule has 0 unspecified atom stereocenters. The molecule has 2 N–H and O–H groups in total. The molecular formula is C14H17N3O2S. The first kappa shape index (κ1) is 13.2. The first-order valence-electron chi connectivity index (χ1n) is 6.69. The number of thiophene rings is 1. The summed E-state index contributed by atoms with van der Waals surface area (Å²) in [5, 5.41) is 7.50. The van der Waals surface area contributed by atoms with Gasteiger partial charge in [-0.15, -0.1) is 11.3 Å². The normalized spacial score (nSPS) is 22.2. The van der Waals surface area contributed by atoms with E-state index in [-0.39, 0.29) is 18.0 Å². The van der Waals surface area contributed by atoms with E-state index in [4.69, 9.17) is 0 Å². The largest absolute Gasteiger partial charge is 0.334 e. The number of carbonyl (C=O) groups excluding carboxylic acids is 2. The van der Waals surface area contributed by atoms with E-state index in [2.05, 4.69) is 22.1 Å². The lowest BCUT2D eigenvalue weighted by Crippen LogP contribution is -2.51. The number of nitrogens with one attached hydrogen (secondary N) is 2. The standard InChI is InChI=1S/C14H17N3O2S/c1-8-12(9(2)16-14(19)15-8)13(18)17-5-3-11-10(7-17)4-6-20-11/h4,6,8H,3,5,7H2,1-2H3,(H2,15,16,19)/t8-/m1/s1. The van der Waals surface area contributed by atoms with E-state index < -0.39 is 0 Å². The summed E-state index contributed by atoms with van der Waals surface area (Å²) >= 11 is 1.76. The van der Waals surface area contributed by atoms with Crippen LogP contribution < -0.4 is 10.6 Å². The lowest BCUT2D eigenvalue weighted by atomic mass is 10.0. The van der Waals surface area contributed by atoms with Gasteiger partial charge in [-0.1, -0.05) is 0 Å². The van der Waals surface area contributed by atoms with Gasteiger partial charge in [-0.2, -0.15) is 0 Å². The molecule has 5 nitrogen and oxygen atoms in total. The molecule has 1 aromatic rings. The second kappa shape index (κ2) is 4.94. The first-order chi connectivity index (χ1) is 9.56. The molecule has 0 spiro atoms. The summed E-state index contributed by atoms with van der Waals surface area (Å²) in [6, 6.07) is 1.59. The fraction of sp³-hybridized carbons (Fsp3) is 0.429. The fourth-order valence-corrected chi connectivity index (χ4v) is 3.69. The van der Waals surface area contributed by atoms with Crippen molar-refractivity contribution < 1.29 is 9.59 Å². The molecule has 0 bridgehead atoms. The van der Waals surface area contributed by atoms with Crippen LogP contribution in [0.3, 0.4) is 0 Å². The molecule has 0 aromatic carbocycles. The topological polar surface area (TPSA) is 61.4 Å². The van der Waals surface area contributed by atoms with E-state index >= 15 is 0 Å². The van der Waals surface area contributed by atoms with Crippen LogP contribution in [0.25, 0.3) is 0 Å². The summed E-state index contributed by atoms with van der Waals surface area (Å²) in [6.07, 6.45) is 0.916. The molecule has 0 fully saturated rings. The molecule has 0 radical (unpaired) electrons. The lowest BCUT2D eigenvalue weighted by Gasteiger charge is -2.32. The van der Waals surface area contributed by atoms with Gasteiger partial charge in [-0.3, -0.25) is 4.79 Å². The molecule has 2 aliphatic rings. The Kier molecular flexibility index (Phi) is 3.25.